The monoisotopic (exact) mass is 426 g/mol. The number of aromatic nitrogens is 1. The molecule has 0 radical (unpaired) electrons. The van der Waals surface area contributed by atoms with Gasteiger partial charge in [-0.2, -0.15) is 5.26 Å². The average molecular weight is 428 g/mol. The van der Waals surface area contributed by atoms with Gasteiger partial charge < -0.3 is 11.1 Å². The van der Waals surface area contributed by atoms with Gasteiger partial charge in [-0.15, -0.1) is 0 Å². The first-order valence-corrected chi connectivity index (χ1v) is 8.72. The van der Waals surface area contributed by atoms with Crippen LogP contribution in [-0.2, 0) is 4.79 Å². The largest absolute Gasteiger partial charge is 0.366 e. The summed E-state index contributed by atoms with van der Waals surface area (Å²) in [5.74, 6) is -0.634. The van der Waals surface area contributed by atoms with Gasteiger partial charge in [0.2, 0.25) is 5.91 Å². The molecule has 0 aliphatic heterocycles. The second kappa shape index (κ2) is 7.56. The molecule has 3 aromatic rings. The van der Waals surface area contributed by atoms with Crippen LogP contribution in [0.4, 0.5) is 11.4 Å². The number of hydrogen-bond donors (Lipinski definition) is 2. The Bertz CT molecular complexity index is 1090. The fourth-order valence-corrected chi connectivity index (χ4v) is 3.18. The van der Waals surface area contributed by atoms with Gasteiger partial charge in [0.15, 0.2) is 0 Å². The van der Waals surface area contributed by atoms with Crippen LogP contribution >= 0.6 is 27.5 Å². The predicted octanol–water partition coefficient (Wildman–Crippen LogP) is 4.68. The zero-order valence-corrected chi connectivity index (χ0v) is 15.7. The van der Waals surface area contributed by atoms with Crippen LogP contribution in [0.25, 0.3) is 16.5 Å². The number of nitrogens with one attached hydrogen (secondary N) is 1. The van der Waals surface area contributed by atoms with Gasteiger partial charge in [0.05, 0.1) is 22.3 Å². The summed E-state index contributed by atoms with van der Waals surface area (Å²) in [5, 5.41) is 13.4. The molecule has 3 rings (SSSR count). The fraction of sp³-hybridized carbons (Fsp3) is 0. The summed E-state index contributed by atoms with van der Waals surface area (Å²) in [7, 11) is 0. The minimum Gasteiger partial charge on any atom is -0.366 e. The lowest BCUT2D eigenvalue weighted by atomic mass is 10.0. The van der Waals surface area contributed by atoms with Crippen molar-refractivity contribution in [1.29, 1.82) is 5.26 Å². The minimum atomic E-state index is -0.634. The molecule has 7 heteroatoms. The SMILES string of the molecule is N#Cc1cnc2ccc(/C(=C/Cl)C(N)=O)cc2c1Nc1cccc(Br)c1. The molecule has 26 heavy (non-hydrogen) atoms. The number of rotatable bonds is 4. The van der Waals surface area contributed by atoms with Crippen LogP contribution < -0.4 is 11.1 Å². The predicted molar refractivity (Wildman–Crippen MR) is 107 cm³/mol. The van der Waals surface area contributed by atoms with E-state index in [-0.39, 0.29) is 5.57 Å². The first-order valence-electron chi connectivity index (χ1n) is 7.49. The summed E-state index contributed by atoms with van der Waals surface area (Å²) in [6.07, 6.45) is 1.51. The number of fused-ring (bicyclic) bond motifs is 1. The smallest absolute Gasteiger partial charge is 0.250 e. The average Bonchev–Trinajstić information content (AvgIpc) is 2.62. The van der Waals surface area contributed by atoms with Gasteiger partial charge in [-0.25, -0.2) is 0 Å². The van der Waals surface area contributed by atoms with E-state index in [4.69, 9.17) is 17.3 Å². The number of amides is 1. The Morgan fingerprint density at radius 2 is 2.12 bits per heavy atom. The van der Waals surface area contributed by atoms with E-state index in [1.54, 1.807) is 18.2 Å². The van der Waals surface area contributed by atoms with Crippen LogP contribution in [0, 0.1) is 11.3 Å². The van der Waals surface area contributed by atoms with E-state index in [0.29, 0.717) is 27.7 Å². The van der Waals surface area contributed by atoms with Crippen molar-refractivity contribution in [1.82, 2.24) is 4.98 Å². The van der Waals surface area contributed by atoms with Crippen LogP contribution in [-0.4, -0.2) is 10.9 Å². The Hall–Kier alpha value is -2.88. The van der Waals surface area contributed by atoms with Crippen molar-refractivity contribution in [2.75, 3.05) is 5.32 Å². The number of nitrogens with zero attached hydrogens (tertiary/aromatic N) is 2. The molecule has 5 nitrogen and oxygen atoms in total. The van der Waals surface area contributed by atoms with E-state index >= 15 is 0 Å². The summed E-state index contributed by atoms with van der Waals surface area (Å²) < 4.78 is 0.904. The third-order valence-electron chi connectivity index (χ3n) is 3.77. The van der Waals surface area contributed by atoms with E-state index in [2.05, 4.69) is 32.3 Å². The van der Waals surface area contributed by atoms with Crippen LogP contribution in [0.3, 0.4) is 0 Å². The molecule has 0 aliphatic carbocycles. The zero-order chi connectivity index (χ0) is 18.7. The maximum atomic E-state index is 11.6. The van der Waals surface area contributed by atoms with Gasteiger partial charge in [-0.05, 0) is 35.9 Å². The van der Waals surface area contributed by atoms with Crippen LogP contribution in [0.1, 0.15) is 11.1 Å². The first-order chi connectivity index (χ1) is 12.5. The van der Waals surface area contributed by atoms with E-state index in [9.17, 15) is 10.1 Å². The van der Waals surface area contributed by atoms with Crippen molar-refractivity contribution in [3.63, 3.8) is 0 Å². The summed E-state index contributed by atoms with van der Waals surface area (Å²) in [4.78, 5) is 15.9. The molecule has 1 amide bonds. The lowest BCUT2D eigenvalue weighted by Crippen LogP contribution is -2.12. The number of primary amides is 1. The lowest BCUT2D eigenvalue weighted by molar-refractivity contribution is -0.112. The van der Waals surface area contributed by atoms with Crippen molar-refractivity contribution < 1.29 is 4.79 Å². The highest BCUT2D eigenvalue weighted by Crippen LogP contribution is 2.31. The normalized spacial score (nSPS) is 11.2. The highest BCUT2D eigenvalue weighted by Gasteiger charge is 2.13. The molecule has 0 atom stereocenters. The molecule has 2 aromatic carbocycles. The second-order valence-electron chi connectivity index (χ2n) is 5.41. The Morgan fingerprint density at radius 3 is 2.77 bits per heavy atom. The van der Waals surface area contributed by atoms with E-state index in [1.807, 2.05) is 24.3 Å². The Balaban J connectivity index is 2.21. The van der Waals surface area contributed by atoms with Gasteiger partial charge >= 0.3 is 0 Å². The van der Waals surface area contributed by atoms with Gasteiger partial charge in [0, 0.05) is 27.3 Å². The molecule has 1 aromatic heterocycles. The van der Waals surface area contributed by atoms with Gasteiger partial charge in [-0.3, -0.25) is 9.78 Å². The molecule has 0 aliphatic rings. The van der Waals surface area contributed by atoms with Crippen molar-refractivity contribution in [3.05, 3.63) is 69.8 Å². The second-order valence-corrected chi connectivity index (χ2v) is 6.55. The maximum Gasteiger partial charge on any atom is 0.250 e. The molecule has 1 heterocycles. The number of halogens is 2. The molecular formula is C19H12BrClN4O. The number of hydrogen-bond acceptors (Lipinski definition) is 4. The third-order valence-corrected chi connectivity index (χ3v) is 4.48. The number of carbonyl (C=O) groups excluding carboxylic acids is 1. The van der Waals surface area contributed by atoms with Crippen molar-refractivity contribution >= 4 is 61.3 Å². The molecular weight excluding hydrogens is 416 g/mol. The first kappa shape index (κ1) is 17.9. The fourth-order valence-electron chi connectivity index (χ4n) is 2.55. The summed E-state index contributed by atoms with van der Waals surface area (Å²) in [6.45, 7) is 0. The summed E-state index contributed by atoms with van der Waals surface area (Å²) >= 11 is 9.17. The van der Waals surface area contributed by atoms with Crippen LogP contribution in [0.5, 0.6) is 0 Å². The zero-order valence-electron chi connectivity index (χ0n) is 13.3. The Morgan fingerprint density at radius 1 is 1.31 bits per heavy atom. The number of nitriles is 1. The third kappa shape index (κ3) is 3.54. The molecule has 0 fully saturated rings. The lowest BCUT2D eigenvalue weighted by Gasteiger charge is -2.13. The Kier molecular flexibility index (Phi) is 5.21. The van der Waals surface area contributed by atoms with Crippen molar-refractivity contribution in [3.8, 4) is 6.07 Å². The molecule has 0 saturated carbocycles. The van der Waals surface area contributed by atoms with Gasteiger partial charge in [-0.1, -0.05) is 39.7 Å². The highest BCUT2D eigenvalue weighted by atomic mass is 79.9. The number of nitrogens with two attached hydrogens (primary N) is 1. The maximum absolute atomic E-state index is 11.6. The highest BCUT2D eigenvalue weighted by molar-refractivity contribution is 9.10. The quantitative estimate of drug-likeness (QED) is 0.591. The van der Waals surface area contributed by atoms with Gasteiger partial charge in [0.25, 0.3) is 0 Å². The molecule has 0 spiro atoms. The Labute approximate surface area is 163 Å². The van der Waals surface area contributed by atoms with Gasteiger partial charge in [0.1, 0.15) is 6.07 Å². The molecule has 3 N–H and O–H groups in total. The molecule has 0 unspecified atom stereocenters. The van der Waals surface area contributed by atoms with Crippen LogP contribution in [0.15, 0.2) is 58.7 Å². The van der Waals surface area contributed by atoms with E-state index < -0.39 is 5.91 Å². The topological polar surface area (TPSA) is 91.8 Å². The minimum absolute atomic E-state index is 0.185. The van der Waals surface area contributed by atoms with Crippen LogP contribution in [0.2, 0.25) is 0 Å². The standard InChI is InChI=1S/C19H12BrClN4O/c20-13-2-1-3-14(7-13)25-18-12(9-22)10-24-17-5-4-11(6-15(17)18)16(8-21)19(23)26/h1-8,10H,(H2,23,26)(H,24,25)/b16-8-. The summed E-state index contributed by atoms with van der Waals surface area (Å²) in [5.41, 5.74) is 9.70. The van der Waals surface area contributed by atoms with E-state index in [1.165, 1.54) is 6.20 Å². The molecule has 0 bridgehead atoms. The number of anilines is 2. The number of benzene rings is 2. The summed E-state index contributed by atoms with van der Waals surface area (Å²) in [6, 6.07) is 14.9. The molecule has 128 valence electrons. The number of carbonyl (C=O) groups is 1. The van der Waals surface area contributed by atoms with Crippen molar-refractivity contribution in [2.24, 2.45) is 5.73 Å². The van der Waals surface area contributed by atoms with Crippen molar-refractivity contribution in [2.45, 2.75) is 0 Å². The molecule has 0 saturated heterocycles. The van der Waals surface area contributed by atoms with E-state index in [0.717, 1.165) is 15.7 Å². The number of pyridine rings is 1.